The van der Waals surface area contributed by atoms with Crippen LogP contribution in [0.4, 0.5) is 11.5 Å². The maximum Gasteiger partial charge on any atom is 0.255 e. The molecule has 184 valence electrons. The largest absolute Gasteiger partial charge is 0.493 e. The Labute approximate surface area is 210 Å². The van der Waals surface area contributed by atoms with Gasteiger partial charge in [-0.05, 0) is 48.9 Å². The first-order valence-electron chi connectivity index (χ1n) is 11.3. The molecule has 1 aromatic heterocycles. The van der Waals surface area contributed by atoms with Crippen LogP contribution < -0.4 is 14.8 Å². The van der Waals surface area contributed by atoms with Crippen molar-refractivity contribution in [2.24, 2.45) is 0 Å². The van der Waals surface area contributed by atoms with E-state index in [9.17, 15) is 13.2 Å². The number of hydrogen-bond donors (Lipinski definition) is 2. The Bertz CT molecular complexity index is 1460. The number of hydrogen-bond acceptors (Lipinski definition) is 6. The van der Waals surface area contributed by atoms with Crippen molar-refractivity contribution >= 4 is 27.4 Å². The predicted octanol–water partition coefficient (Wildman–Crippen LogP) is 4.70. The average Bonchev–Trinajstić information content (AvgIpc) is 2.86. The van der Waals surface area contributed by atoms with E-state index in [1.54, 1.807) is 43.3 Å². The van der Waals surface area contributed by atoms with Crippen LogP contribution in [0.3, 0.4) is 0 Å². The number of benzene rings is 3. The highest BCUT2D eigenvalue weighted by molar-refractivity contribution is 7.92. The molecule has 36 heavy (non-hydrogen) atoms. The maximum absolute atomic E-state index is 12.8. The Morgan fingerprint density at radius 2 is 1.72 bits per heavy atom. The van der Waals surface area contributed by atoms with Crippen LogP contribution in [0.1, 0.15) is 21.5 Å². The second-order valence-corrected chi connectivity index (χ2v) is 9.99. The number of ether oxygens (including phenoxy) is 1. The lowest BCUT2D eigenvalue weighted by Gasteiger charge is -2.10. The molecule has 3 aromatic carbocycles. The van der Waals surface area contributed by atoms with Crippen LogP contribution >= 0.6 is 0 Å². The minimum Gasteiger partial charge on any atom is -0.493 e. The Morgan fingerprint density at radius 1 is 0.972 bits per heavy atom. The van der Waals surface area contributed by atoms with E-state index in [1.165, 1.54) is 11.8 Å². The second-order valence-electron chi connectivity index (χ2n) is 8.24. The smallest absolute Gasteiger partial charge is 0.255 e. The van der Waals surface area contributed by atoms with E-state index in [0.717, 1.165) is 18.4 Å². The highest BCUT2D eigenvalue weighted by Crippen LogP contribution is 2.22. The van der Waals surface area contributed by atoms with Crippen LogP contribution in [0.2, 0.25) is 0 Å². The topological polar surface area (TPSA) is 110 Å². The zero-order valence-electron chi connectivity index (χ0n) is 19.9. The summed E-state index contributed by atoms with van der Waals surface area (Å²) in [5.41, 5.74) is 3.43. The van der Waals surface area contributed by atoms with Crippen molar-refractivity contribution in [3.63, 3.8) is 0 Å². The highest BCUT2D eigenvalue weighted by Gasteiger charge is 2.12. The van der Waals surface area contributed by atoms with Crippen LogP contribution in [0.25, 0.3) is 11.4 Å². The lowest BCUT2D eigenvalue weighted by molar-refractivity contribution is 0.102. The van der Waals surface area contributed by atoms with Crippen LogP contribution in [-0.2, 0) is 16.4 Å². The summed E-state index contributed by atoms with van der Waals surface area (Å²) < 4.78 is 31.4. The molecule has 0 saturated carbocycles. The number of carbonyl (C=O) groups excluding carboxylic acids is 1. The van der Waals surface area contributed by atoms with Crippen molar-refractivity contribution in [1.82, 2.24) is 9.97 Å². The van der Waals surface area contributed by atoms with E-state index in [-0.39, 0.29) is 11.7 Å². The molecule has 4 rings (SSSR count). The van der Waals surface area contributed by atoms with Crippen molar-refractivity contribution < 1.29 is 17.9 Å². The number of nitrogens with one attached hydrogen (secondary N) is 2. The van der Waals surface area contributed by atoms with Gasteiger partial charge in [0.25, 0.3) is 5.91 Å². The van der Waals surface area contributed by atoms with Gasteiger partial charge in [-0.3, -0.25) is 9.52 Å². The first kappa shape index (κ1) is 24.9. The van der Waals surface area contributed by atoms with Crippen LogP contribution in [0, 0.1) is 6.92 Å². The van der Waals surface area contributed by atoms with Crippen LogP contribution in [0.5, 0.6) is 5.75 Å². The van der Waals surface area contributed by atoms with E-state index in [4.69, 9.17) is 4.74 Å². The predicted molar refractivity (Wildman–Crippen MR) is 141 cm³/mol. The summed E-state index contributed by atoms with van der Waals surface area (Å²) in [6, 6.07) is 24.1. The SMILES string of the molecule is Cc1cnc(-c2cccc(C(=O)Nc3ccc(OCCc4ccccc4)cc3)c2)nc1NS(C)(=O)=O. The van der Waals surface area contributed by atoms with Gasteiger partial charge in [-0.25, -0.2) is 18.4 Å². The van der Waals surface area contributed by atoms with Crippen molar-refractivity contribution in [3.05, 3.63) is 102 Å². The van der Waals surface area contributed by atoms with E-state index in [1.807, 2.05) is 30.3 Å². The Morgan fingerprint density at radius 3 is 2.44 bits per heavy atom. The molecule has 0 bridgehead atoms. The summed E-state index contributed by atoms with van der Waals surface area (Å²) in [6.07, 6.45) is 3.40. The lowest BCUT2D eigenvalue weighted by atomic mass is 10.1. The number of carbonyl (C=O) groups is 1. The van der Waals surface area contributed by atoms with E-state index in [2.05, 4.69) is 32.1 Å². The zero-order chi connectivity index (χ0) is 25.5. The molecule has 0 fully saturated rings. The second kappa shape index (κ2) is 11.0. The monoisotopic (exact) mass is 502 g/mol. The van der Waals surface area contributed by atoms with Gasteiger partial charge < -0.3 is 10.1 Å². The number of amides is 1. The fourth-order valence-corrected chi connectivity index (χ4v) is 3.99. The fourth-order valence-electron chi connectivity index (χ4n) is 3.43. The lowest BCUT2D eigenvalue weighted by Crippen LogP contribution is -2.13. The number of aryl methyl sites for hydroxylation is 1. The maximum atomic E-state index is 12.8. The van der Waals surface area contributed by atoms with Gasteiger partial charge in [-0.15, -0.1) is 0 Å². The summed E-state index contributed by atoms with van der Waals surface area (Å²) in [7, 11) is -3.49. The van der Waals surface area contributed by atoms with Crippen LogP contribution in [-0.4, -0.2) is 37.2 Å². The van der Waals surface area contributed by atoms with Crippen molar-refractivity contribution in [3.8, 4) is 17.1 Å². The Balaban J connectivity index is 1.40. The molecular weight excluding hydrogens is 476 g/mol. The standard InChI is InChI=1S/C27H26N4O4S/c1-19-18-28-26(30-25(19)31-36(2,33)34)21-9-6-10-22(17-21)27(32)29-23-11-13-24(14-12-23)35-16-15-20-7-4-3-5-8-20/h3-14,17-18H,15-16H2,1-2H3,(H,29,32)(H,28,30,31). The molecule has 0 unspecified atom stereocenters. The summed E-state index contributed by atoms with van der Waals surface area (Å²) in [5, 5.41) is 2.87. The number of anilines is 2. The molecule has 8 nitrogen and oxygen atoms in total. The van der Waals surface area contributed by atoms with Gasteiger partial charge in [0, 0.05) is 35.0 Å². The van der Waals surface area contributed by atoms with Gasteiger partial charge in [-0.2, -0.15) is 0 Å². The van der Waals surface area contributed by atoms with Gasteiger partial charge in [0.2, 0.25) is 10.0 Å². The third kappa shape index (κ3) is 6.89. The molecule has 0 spiro atoms. The highest BCUT2D eigenvalue weighted by atomic mass is 32.2. The molecule has 2 N–H and O–H groups in total. The van der Waals surface area contributed by atoms with Gasteiger partial charge in [-0.1, -0.05) is 42.5 Å². The quantitative estimate of drug-likeness (QED) is 0.343. The van der Waals surface area contributed by atoms with Gasteiger partial charge in [0.05, 0.1) is 12.9 Å². The molecule has 1 heterocycles. The molecule has 0 aliphatic rings. The summed E-state index contributed by atoms with van der Waals surface area (Å²) in [6.45, 7) is 2.27. The number of aromatic nitrogens is 2. The molecule has 1 amide bonds. The zero-order valence-corrected chi connectivity index (χ0v) is 20.7. The molecule has 0 atom stereocenters. The Hall–Kier alpha value is -4.24. The van der Waals surface area contributed by atoms with Crippen molar-refractivity contribution in [2.45, 2.75) is 13.3 Å². The third-order valence-electron chi connectivity index (χ3n) is 5.25. The minimum absolute atomic E-state index is 0.198. The Kier molecular flexibility index (Phi) is 7.60. The normalized spacial score (nSPS) is 11.1. The average molecular weight is 503 g/mol. The minimum atomic E-state index is -3.49. The van der Waals surface area contributed by atoms with Crippen molar-refractivity contribution in [1.29, 1.82) is 0 Å². The van der Waals surface area contributed by atoms with Gasteiger partial charge >= 0.3 is 0 Å². The molecular formula is C27H26N4O4S. The first-order chi connectivity index (χ1) is 17.3. The first-order valence-corrected chi connectivity index (χ1v) is 13.2. The van der Waals surface area contributed by atoms with E-state index < -0.39 is 10.0 Å². The molecule has 0 aliphatic heterocycles. The third-order valence-corrected chi connectivity index (χ3v) is 5.82. The van der Waals surface area contributed by atoms with Gasteiger partial charge in [0.15, 0.2) is 5.82 Å². The van der Waals surface area contributed by atoms with E-state index >= 15 is 0 Å². The summed E-state index contributed by atoms with van der Waals surface area (Å²) >= 11 is 0. The summed E-state index contributed by atoms with van der Waals surface area (Å²) in [4.78, 5) is 21.4. The van der Waals surface area contributed by atoms with Crippen molar-refractivity contribution in [2.75, 3.05) is 22.9 Å². The number of nitrogens with zero attached hydrogens (tertiary/aromatic N) is 2. The molecule has 0 saturated heterocycles. The molecule has 4 aromatic rings. The number of rotatable bonds is 9. The molecule has 9 heteroatoms. The van der Waals surface area contributed by atoms with Gasteiger partial charge in [0.1, 0.15) is 11.6 Å². The number of sulfonamides is 1. The summed E-state index contributed by atoms with van der Waals surface area (Å²) in [5.74, 6) is 0.930. The fraction of sp³-hybridized carbons (Fsp3) is 0.148. The molecule has 0 aliphatic carbocycles. The van der Waals surface area contributed by atoms with Crippen LogP contribution in [0.15, 0.2) is 85.1 Å². The van der Waals surface area contributed by atoms with E-state index in [0.29, 0.717) is 34.8 Å². The molecule has 0 radical (unpaired) electrons.